The highest BCUT2D eigenvalue weighted by Crippen LogP contribution is 2.56. The van der Waals surface area contributed by atoms with E-state index in [4.69, 9.17) is 38.4 Å². The lowest BCUT2D eigenvalue weighted by Crippen LogP contribution is -2.57. The summed E-state index contributed by atoms with van der Waals surface area (Å²) in [6, 6.07) is 7.50. The third kappa shape index (κ3) is 5.74. The molecule has 0 saturated carbocycles. The number of nitrogens with zero attached hydrogens (tertiary/aromatic N) is 1. The number of carbonyl (C=O) groups is 2. The minimum Gasteiger partial charge on any atom is -0.493 e. The van der Waals surface area contributed by atoms with Crippen LogP contribution in [0.2, 0.25) is 0 Å². The van der Waals surface area contributed by atoms with Gasteiger partial charge in [-0.05, 0) is 44.0 Å². The monoisotopic (exact) mass is 624 g/mol. The van der Waals surface area contributed by atoms with Crippen LogP contribution >= 0.6 is 0 Å². The third-order valence-electron chi connectivity index (χ3n) is 8.81. The summed E-state index contributed by atoms with van der Waals surface area (Å²) in [4.78, 5) is 29.7. The van der Waals surface area contributed by atoms with E-state index in [1.54, 1.807) is 14.2 Å². The largest absolute Gasteiger partial charge is 0.493 e. The summed E-state index contributed by atoms with van der Waals surface area (Å²) < 4.78 is 35.2. The lowest BCUT2D eigenvalue weighted by atomic mass is 9.62. The van der Waals surface area contributed by atoms with Crippen LogP contribution in [0.25, 0.3) is 0 Å². The number of oxime groups is 1. The highest BCUT2D eigenvalue weighted by Gasteiger charge is 2.63. The van der Waals surface area contributed by atoms with E-state index in [0.29, 0.717) is 52.9 Å². The average Bonchev–Trinajstić information content (AvgIpc) is 3.60. The van der Waals surface area contributed by atoms with Crippen molar-refractivity contribution in [3.8, 4) is 28.7 Å². The summed E-state index contributed by atoms with van der Waals surface area (Å²) in [5.41, 5.74) is 2.19. The molecule has 0 bridgehead atoms. The molecule has 242 valence electrons. The first kappa shape index (κ1) is 32.0. The Hall–Kier alpha value is -4.45. The molecule has 0 saturated heterocycles. The van der Waals surface area contributed by atoms with Crippen molar-refractivity contribution in [1.29, 1.82) is 0 Å². The number of benzene rings is 2. The molecule has 12 nitrogen and oxygen atoms in total. The van der Waals surface area contributed by atoms with Gasteiger partial charge >= 0.3 is 5.97 Å². The van der Waals surface area contributed by atoms with Gasteiger partial charge in [0.05, 0.1) is 39.3 Å². The van der Waals surface area contributed by atoms with Crippen LogP contribution in [0.5, 0.6) is 28.7 Å². The van der Waals surface area contributed by atoms with Gasteiger partial charge in [0, 0.05) is 35.7 Å². The van der Waals surface area contributed by atoms with E-state index in [-0.39, 0.29) is 51.4 Å². The van der Waals surface area contributed by atoms with Gasteiger partial charge in [0.2, 0.25) is 0 Å². The van der Waals surface area contributed by atoms with Gasteiger partial charge in [-0.15, -0.1) is 0 Å². The van der Waals surface area contributed by atoms with Crippen molar-refractivity contribution in [2.45, 2.75) is 57.2 Å². The number of rotatable bonds is 14. The highest BCUT2D eigenvalue weighted by atomic mass is 16.7. The fourth-order valence-electron chi connectivity index (χ4n) is 6.11. The number of hydrogen-bond donors (Lipinski definition) is 2. The second-order valence-corrected chi connectivity index (χ2v) is 11.5. The summed E-state index contributed by atoms with van der Waals surface area (Å²) >= 11 is 0. The van der Waals surface area contributed by atoms with Crippen LogP contribution in [0.1, 0.15) is 50.3 Å². The summed E-state index contributed by atoms with van der Waals surface area (Å²) in [6.07, 6.45) is 0.779. The van der Waals surface area contributed by atoms with Gasteiger partial charge in [0.25, 0.3) is 5.91 Å². The fourth-order valence-corrected chi connectivity index (χ4v) is 6.11. The molecule has 0 aliphatic carbocycles. The molecule has 0 aromatic heterocycles. The number of carbonyl (C=O) groups excluding carboxylic acids is 1. The van der Waals surface area contributed by atoms with Crippen molar-refractivity contribution >= 4 is 17.6 Å². The summed E-state index contributed by atoms with van der Waals surface area (Å²) in [6.45, 7) is 10.5. The van der Waals surface area contributed by atoms with Crippen LogP contribution in [0.3, 0.4) is 0 Å². The van der Waals surface area contributed by atoms with Crippen LogP contribution in [-0.4, -0.2) is 81.6 Å². The lowest BCUT2D eigenvalue weighted by molar-refractivity contribution is -0.138. The van der Waals surface area contributed by atoms with Gasteiger partial charge in [-0.1, -0.05) is 18.7 Å². The zero-order valence-corrected chi connectivity index (χ0v) is 26.3. The molecular weight excluding hydrogens is 584 g/mol. The Balaban J connectivity index is 1.49. The normalized spacial score (nSPS) is 22.4. The molecule has 3 aliphatic rings. The van der Waals surface area contributed by atoms with E-state index in [0.717, 1.165) is 16.7 Å². The molecule has 0 spiro atoms. The third-order valence-corrected chi connectivity index (χ3v) is 8.81. The van der Waals surface area contributed by atoms with Gasteiger partial charge < -0.3 is 43.7 Å². The van der Waals surface area contributed by atoms with Crippen LogP contribution in [0.4, 0.5) is 0 Å². The van der Waals surface area contributed by atoms with Crippen LogP contribution in [0.15, 0.2) is 41.6 Å². The summed E-state index contributed by atoms with van der Waals surface area (Å²) in [7, 11) is 3.16. The van der Waals surface area contributed by atoms with E-state index < -0.39 is 17.0 Å². The van der Waals surface area contributed by atoms with Gasteiger partial charge in [-0.25, -0.2) is 0 Å². The molecule has 3 atom stereocenters. The number of aliphatic carboxylic acids is 1. The van der Waals surface area contributed by atoms with Crippen LogP contribution in [-0.2, 0) is 31.0 Å². The predicted molar refractivity (Wildman–Crippen MR) is 164 cm³/mol. The smallest absolute Gasteiger partial charge is 0.305 e. The Labute approximate surface area is 262 Å². The number of carboxylic acids is 1. The predicted octanol–water partition coefficient (Wildman–Crippen LogP) is 3.80. The zero-order chi connectivity index (χ0) is 32.4. The first-order valence-corrected chi connectivity index (χ1v) is 14.9. The van der Waals surface area contributed by atoms with Crippen molar-refractivity contribution in [1.82, 2.24) is 5.32 Å². The van der Waals surface area contributed by atoms with Gasteiger partial charge in [-0.2, -0.15) is 0 Å². The van der Waals surface area contributed by atoms with Gasteiger partial charge in [0.1, 0.15) is 35.7 Å². The van der Waals surface area contributed by atoms with E-state index in [1.165, 1.54) is 0 Å². The number of amides is 1. The Morgan fingerprint density at radius 2 is 1.91 bits per heavy atom. The highest BCUT2D eigenvalue weighted by molar-refractivity contribution is 6.12. The number of methoxy groups -OCH3 is 2. The number of fused-ring (bicyclic) bond motifs is 4. The standard InChI is InChI=1S/C33H40N2O10/c1-7-33-18-43-25-16-27(40-6)26(39-5)15-22(25)32(33,4)31(35-45-33)20-8-9-23-21(14-24(44-23)19(2)3)30(20)42-17-28(36)34-11-13-41-12-10-29(37)38/h8-9,15-16,24H,2,7,10-14,17-18H2,1,3-6H3,(H,34,36)(H,37,38)/t24-,32?,33?/m1/s1. The topological polar surface area (TPSA) is 143 Å². The second kappa shape index (κ2) is 12.9. The molecule has 12 heteroatoms. The van der Waals surface area contributed by atoms with Gasteiger partial charge in [-0.3, -0.25) is 9.59 Å². The first-order chi connectivity index (χ1) is 21.6. The molecule has 3 heterocycles. The van der Waals surface area contributed by atoms with Crippen molar-refractivity contribution < 1.29 is 48.0 Å². The maximum absolute atomic E-state index is 12.8. The number of hydrogen-bond acceptors (Lipinski definition) is 10. The first-order valence-electron chi connectivity index (χ1n) is 14.9. The van der Waals surface area contributed by atoms with Crippen molar-refractivity contribution in [3.63, 3.8) is 0 Å². The quantitative estimate of drug-likeness (QED) is 0.235. The molecule has 3 aliphatic heterocycles. The maximum Gasteiger partial charge on any atom is 0.305 e. The van der Waals surface area contributed by atoms with E-state index in [1.807, 2.05) is 38.1 Å². The SMILES string of the molecule is C=C(C)[C@H]1Cc2c(ccc(C3=NOC4(CC)COc5cc(OC)c(OC)cc5C34C)c2OCC(=O)NCCOCCC(=O)O)O1. The molecule has 2 unspecified atom stereocenters. The zero-order valence-electron chi connectivity index (χ0n) is 26.3. The molecule has 0 radical (unpaired) electrons. The van der Waals surface area contributed by atoms with E-state index in [9.17, 15) is 9.59 Å². The lowest BCUT2D eigenvalue weighted by Gasteiger charge is -2.45. The summed E-state index contributed by atoms with van der Waals surface area (Å²) in [5.74, 6) is 1.56. The Morgan fingerprint density at radius 1 is 1.16 bits per heavy atom. The van der Waals surface area contributed by atoms with Crippen molar-refractivity contribution in [2.75, 3.05) is 47.2 Å². The van der Waals surface area contributed by atoms with E-state index >= 15 is 0 Å². The van der Waals surface area contributed by atoms with Gasteiger partial charge in [0.15, 0.2) is 23.7 Å². The van der Waals surface area contributed by atoms with E-state index in [2.05, 4.69) is 24.0 Å². The molecule has 2 aromatic carbocycles. The summed E-state index contributed by atoms with van der Waals surface area (Å²) in [5, 5.41) is 16.2. The van der Waals surface area contributed by atoms with Crippen LogP contribution < -0.4 is 29.0 Å². The minimum atomic E-state index is -0.943. The Kier molecular flexibility index (Phi) is 9.15. The molecule has 1 amide bonds. The number of carboxylic acid groups (broad SMARTS) is 1. The van der Waals surface area contributed by atoms with Crippen molar-refractivity contribution in [3.05, 3.63) is 53.1 Å². The Morgan fingerprint density at radius 3 is 2.60 bits per heavy atom. The number of nitrogens with one attached hydrogen (secondary N) is 1. The average molecular weight is 625 g/mol. The van der Waals surface area contributed by atoms with Crippen molar-refractivity contribution in [2.24, 2.45) is 5.16 Å². The molecule has 0 fully saturated rings. The molecule has 2 N–H and O–H groups in total. The Bertz CT molecular complexity index is 1520. The second-order valence-electron chi connectivity index (χ2n) is 11.5. The number of ether oxygens (including phenoxy) is 6. The minimum absolute atomic E-state index is 0.0696. The molecule has 45 heavy (non-hydrogen) atoms. The molecule has 5 rings (SSSR count). The molecular formula is C33H40N2O10. The van der Waals surface area contributed by atoms with Crippen LogP contribution in [0, 0.1) is 0 Å². The molecule has 2 aromatic rings. The fraction of sp³-hybridized carbons (Fsp3) is 0.485. The maximum atomic E-state index is 12.8.